The third-order valence-electron chi connectivity index (χ3n) is 4.74. The van der Waals surface area contributed by atoms with Crippen LogP contribution < -0.4 is 5.32 Å². The van der Waals surface area contributed by atoms with Crippen LogP contribution >= 0.6 is 0 Å². The summed E-state index contributed by atoms with van der Waals surface area (Å²) in [5, 5.41) is 3.17. The second-order valence-electron chi connectivity index (χ2n) is 6.63. The molecule has 132 valence electrons. The van der Waals surface area contributed by atoms with Gasteiger partial charge in [0.05, 0.1) is 18.6 Å². The van der Waals surface area contributed by atoms with E-state index >= 15 is 0 Å². The lowest BCUT2D eigenvalue weighted by atomic mass is 10.0. The molecule has 1 aliphatic rings. The van der Waals surface area contributed by atoms with Gasteiger partial charge in [-0.2, -0.15) is 0 Å². The quantitative estimate of drug-likeness (QED) is 0.844. The molecule has 4 heteroatoms. The van der Waals surface area contributed by atoms with Crippen molar-refractivity contribution in [3.05, 3.63) is 71.8 Å². The number of hydrogen-bond acceptors (Lipinski definition) is 3. The smallest absolute Gasteiger partial charge is 0.225 e. The highest BCUT2D eigenvalue weighted by Gasteiger charge is 2.29. The van der Waals surface area contributed by atoms with E-state index in [1.165, 1.54) is 5.56 Å². The summed E-state index contributed by atoms with van der Waals surface area (Å²) >= 11 is 0. The van der Waals surface area contributed by atoms with Gasteiger partial charge in [-0.15, -0.1) is 0 Å². The summed E-state index contributed by atoms with van der Waals surface area (Å²) < 4.78 is 5.30. The van der Waals surface area contributed by atoms with Crippen LogP contribution in [0.1, 0.15) is 23.6 Å². The van der Waals surface area contributed by atoms with E-state index in [1.54, 1.807) is 7.11 Å². The standard InChI is InChI=1S/C21H26N2O2/c1-25-16-20(18-10-6-3-7-11-18)22-21(24)19-12-13-23(15-19)14-17-8-4-2-5-9-17/h2-11,19-20H,12-16H2,1H3,(H,22,24)/t19?,20-/m1/s1. The van der Waals surface area contributed by atoms with Gasteiger partial charge in [-0.1, -0.05) is 60.7 Å². The van der Waals surface area contributed by atoms with Crippen LogP contribution in [0.5, 0.6) is 0 Å². The number of methoxy groups -OCH3 is 1. The SMILES string of the molecule is COC[C@@H](NC(=O)C1CCN(Cc2ccccc2)C1)c1ccccc1. The van der Waals surface area contributed by atoms with E-state index < -0.39 is 0 Å². The van der Waals surface area contributed by atoms with E-state index in [-0.39, 0.29) is 17.9 Å². The minimum Gasteiger partial charge on any atom is -0.382 e. The summed E-state index contributed by atoms with van der Waals surface area (Å²) in [5.74, 6) is 0.174. The Hall–Kier alpha value is -2.17. The van der Waals surface area contributed by atoms with Crippen molar-refractivity contribution in [2.24, 2.45) is 5.92 Å². The van der Waals surface area contributed by atoms with Crippen LogP contribution in [0.25, 0.3) is 0 Å². The number of amides is 1. The van der Waals surface area contributed by atoms with Gasteiger partial charge >= 0.3 is 0 Å². The summed E-state index contributed by atoms with van der Waals surface area (Å²) in [6.45, 7) is 3.17. The Morgan fingerprint density at radius 1 is 1.16 bits per heavy atom. The lowest BCUT2D eigenvalue weighted by Crippen LogP contribution is -2.37. The number of carbonyl (C=O) groups is 1. The summed E-state index contributed by atoms with van der Waals surface area (Å²) in [6, 6.07) is 20.3. The largest absolute Gasteiger partial charge is 0.382 e. The van der Waals surface area contributed by atoms with Crippen molar-refractivity contribution < 1.29 is 9.53 Å². The molecule has 0 saturated carbocycles. The maximum absolute atomic E-state index is 12.7. The number of nitrogens with zero attached hydrogens (tertiary/aromatic N) is 1. The van der Waals surface area contributed by atoms with Gasteiger partial charge < -0.3 is 10.1 Å². The first-order valence-corrected chi connectivity index (χ1v) is 8.87. The first-order valence-electron chi connectivity index (χ1n) is 8.87. The molecule has 4 nitrogen and oxygen atoms in total. The Balaban J connectivity index is 1.56. The first kappa shape index (κ1) is 17.6. The molecule has 1 N–H and O–H groups in total. The van der Waals surface area contributed by atoms with Gasteiger partial charge in [0.25, 0.3) is 0 Å². The van der Waals surface area contributed by atoms with E-state index in [1.807, 2.05) is 36.4 Å². The zero-order valence-corrected chi connectivity index (χ0v) is 14.7. The normalized spacial score (nSPS) is 18.8. The van der Waals surface area contributed by atoms with Gasteiger partial charge in [0.15, 0.2) is 0 Å². The van der Waals surface area contributed by atoms with E-state index in [2.05, 4.69) is 34.5 Å². The Bertz CT molecular complexity index is 660. The minimum atomic E-state index is -0.0955. The molecular formula is C21H26N2O2. The number of benzene rings is 2. The van der Waals surface area contributed by atoms with Crippen LogP contribution in [0.2, 0.25) is 0 Å². The van der Waals surface area contributed by atoms with E-state index in [9.17, 15) is 4.79 Å². The highest BCUT2D eigenvalue weighted by Crippen LogP contribution is 2.21. The lowest BCUT2D eigenvalue weighted by molar-refractivity contribution is -0.125. The Morgan fingerprint density at radius 2 is 1.84 bits per heavy atom. The zero-order valence-electron chi connectivity index (χ0n) is 14.7. The molecule has 1 heterocycles. The maximum atomic E-state index is 12.7. The number of carbonyl (C=O) groups excluding carboxylic acids is 1. The molecule has 1 aliphatic heterocycles. The molecule has 3 rings (SSSR count). The van der Waals surface area contributed by atoms with Crippen LogP contribution in [0, 0.1) is 5.92 Å². The maximum Gasteiger partial charge on any atom is 0.225 e. The van der Waals surface area contributed by atoms with Gasteiger partial charge in [-0.25, -0.2) is 0 Å². The number of nitrogens with one attached hydrogen (secondary N) is 1. The molecule has 1 fully saturated rings. The lowest BCUT2D eigenvalue weighted by Gasteiger charge is -2.21. The van der Waals surface area contributed by atoms with Crippen LogP contribution in [-0.2, 0) is 16.1 Å². The fourth-order valence-electron chi connectivity index (χ4n) is 3.39. The molecule has 25 heavy (non-hydrogen) atoms. The van der Waals surface area contributed by atoms with Gasteiger partial charge in [0, 0.05) is 20.2 Å². The van der Waals surface area contributed by atoms with E-state index in [4.69, 9.17) is 4.74 Å². The first-order chi connectivity index (χ1) is 12.3. The van der Waals surface area contributed by atoms with Crippen LogP contribution in [-0.4, -0.2) is 37.6 Å². The van der Waals surface area contributed by atoms with Crippen molar-refractivity contribution in [2.45, 2.75) is 19.0 Å². The van der Waals surface area contributed by atoms with Crippen molar-refractivity contribution in [2.75, 3.05) is 26.8 Å². The molecule has 0 spiro atoms. The Labute approximate surface area is 149 Å². The van der Waals surface area contributed by atoms with Crippen molar-refractivity contribution in [3.8, 4) is 0 Å². The third kappa shape index (κ3) is 4.91. The second kappa shape index (κ2) is 8.79. The Kier molecular flexibility index (Phi) is 6.20. The second-order valence-corrected chi connectivity index (χ2v) is 6.63. The summed E-state index contributed by atoms with van der Waals surface area (Å²) in [4.78, 5) is 15.1. The van der Waals surface area contributed by atoms with Gasteiger partial charge in [0.2, 0.25) is 5.91 Å². The molecule has 0 aromatic heterocycles. The van der Waals surface area contributed by atoms with Crippen LogP contribution in [0.15, 0.2) is 60.7 Å². The fraction of sp³-hybridized carbons (Fsp3) is 0.381. The highest BCUT2D eigenvalue weighted by atomic mass is 16.5. The van der Waals surface area contributed by atoms with Crippen molar-refractivity contribution >= 4 is 5.91 Å². The average molecular weight is 338 g/mol. The predicted octanol–water partition coefficient (Wildman–Crippen LogP) is 3.01. The summed E-state index contributed by atoms with van der Waals surface area (Å²) in [5.41, 5.74) is 2.38. The molecule has 0 bridgehead atoms. The number of rotatable bonds is 7. The van der Waals surface area contributed by atoms with Crippen molar-refractivity contribution in [3.63, 3.8) is 0 Å². The van der Waals surface area contributed by atoms with Gasteiger partial charge in [0.1, 0.15) is 0 Å². The van der Waals surface area contributed by atoms with Gasteiger partial charge in [-0.3, -0.25) is 9.69 Å². The third-order valence-corrected chi connectivity index (χ3v) is 4.74. The molecule has 1 saturated heterocycles. The highest BCUT2D eigenvalue weighted by molar-refractivity contribution is 5.79. The molecule has 2 atom stereocenters. The fourth-order valence-corrected chi connectivity index (χ4v) is 3.39. The van der Waals surface area contributed by atoms with Crippen molar-refractivity contribution in [1.29, 1.82) is 0 Å². The zero-order chi connectivity index (χ0) is 17.5. The molecule has 2 aromatic rings. The van der Waals surface area contributed by atoms with E-state index in [0.717, 1.165) is 31.6 Å². The van der Waals surface area contributed by atoms with E-state index in [0.29, 0.717) is 6.61 Å². The molecule has 1 unspecified atom stereocenters. The van der Waals surface area contributed by atoms with Crippen molar-refractivity contribution in [1.82, 2.24) is 10.2 Å². The summed E-state index contributed by atoms with van der Waals surface area (Å²) in [7, 11) is 1.67. The molecule has 0 radical (unpaired) electrons. The molecular weight excluding hydrogens is 312 g/mol. The predicted molar refractivity (Wildman–Crippen MR) is 99.0 cm³/mol. The minimum absolute atomic E-state index is 0.0479. The Morgan fingerprint density at radius 3 is 2.52 bits per heavy atom. The molecule has 0 aliphatic carbocycles. The molecule has 1 amide bonds. The topological polar surface area (TPSA) is 41.6 Å². The number of hydrogen-bond donors (Lipinski definition) is 1. The van der Waals surface area contributed by atoms with Crippen LogP contribution in [0.3, 0.4) is 0 Å². The average Bonchev–Trinajstić information content (AvgIpc) is 3.11. The summed E-state index contributed by atoms with van der Waals surface area (Å²) in [6.07, 6.45) is 0.910. The number of ether oxygens (including phenoxy) is 1. The van der Waals surface area contributed by atoms with Crippen LogP contribution in [0.4, 0.5) is 0 Å². The van der Waals surface area contributed by atoms with Gasteiger partial charge in [-0.05, 0) is 24.1 Å². The molecule has 2 aromatic carbocycles. The number of likely N-dealkylation sites (tertiary alicyclic amines) is 1. The monoisotopic (exact) mass is 338 g/mol.